The van der Waals surface area contributed by atoms with Crippen molar-refractivity contribution in [2.24, 2.45) is 0 Å². The van der Waals surface area contributed by atoms with Crippen LogP contribution in [0.5, 0.6) is 0 Å². The van der Waals surface area contributed by atoms with Gasteiger partial charge >= 0.3 is 0 Å². The number of pyridine rings is 1. The summed E-state index contributed by atoms with van der Waals surface area (Å²) in [5.74, 6) is 0.619. The molecule has 0 aliphatic heterocycles. The molecule has 100 valence electrons. The Bertz CT molecular complexity index is 525. The molecule has 0 amide bonds. The topological polar surface area (TPSA) is 28.2 Å². The Morgan fingerprint density at radius 3 is 2.58 bits per heavy atom. The van der Waals surface area contributed by atoms with E-state index in [1.54, 1.807) is 12.1 Å². The van der Waals surface area contributed by atoms with Gasteiger partial charge in [0.1, 0.15) is 11.6 Å². The number of rotatable bonds is 5. The molecule has 0 atom stereocenters. The van der Waals surface area contributed by atoms with E-state index in [-0.39, 0.29) is 5.82 Å². The minimum absolute atomic E-state index is 0.231. The fraction of sp³-hybridized carbons (Fsp3) is 0.267. The van der Waals surface area contributed by atoms with Crippen LogP contribution in [0.2, 0.25) is 0 Å². The summed E-state index contributed by atoms with van der Waals surface area (Å²) in [6, 6.07) is 12.3. The second-order valence-corrected chi connectivity index (χ2v) is 4.30. The fourth-order valence-electron chi connectivity index (χ4n) is 1.80. The van der Waals surface area contributed by atoms with Crippen LogP contribution in [0, 0.1) is 5.82 Å². The van der Waals surface area contributed by atoms with Gasteiger partial charge in [-0.05, 0) is 42.9 Å². The maximum atomic E-state index is 12.9. The van der Waals surface area contributed by atoms with Crippen molar-refractivity contribution < 1.29 is 4.39 Å². The monoisotopic (exact) mass is 259 g/mol. The average Bonchev–Trinajstić information content (AvgIpc) is 2.45. The van der Waals surface area contributed by atoms with Crippen LogP contribution in [0.3, 0.4) is 0 Å². The first-order chi connectivity index (χ1) is 9.20. The molecule has 1 N–H and O–H groups in total. The van der Waals surface area contributed by atoms with Crippen LogP contribution in [0.4, 0.5) is 15.9 Å². The van der Waals surface area contributed by atoms with E-state index in [1.165, 1.54) is 12.1 Å². The Morgan fingerprint density at radius 2 is 1.89 bits per heavy atom. The van der Waals surface area contributed by atoms with Crippen LogP contribution in [0.25, 0.3) is 0 Å². The molecule has 1 heterocycles. The lowest BCUT2D eigenvalue weighted by Gasteiger charge is -2.19. The molecule has 0 radical (unpaired) electrons. The van der Waals surface area contributed by atoms with Gasteiger partial charge in [-0.3, -0.25) is 0 Å². The number of halogens is 1. The summed E-state index contributed by atoms with van der Waals surface area (Å²) >= 11 is 0. The average molecular weight is 259 g/mol. The number of aromatic nitrogens is 1. The lowest BCUT2D eigenvalue weighted by Crippen LogP contribution is -2.15. The molecule has 4 heteroatoms. The van der Waals surface area contributed by atoms with Crippen LogP contribution in [-0.2, 0) is 6.54 Å². The third-order valence-electron chi connectivity index (χ3n) is 2.91. The first-order valence-electron chi connectivity index (χ1n) is 6.36. The van der Waals surface area contributed by atoms with E-state index >= 15 is 0 Å². The van der Waals surface area contributed by atoms with Gasteiger partial charge in [0.2, 0.25) is 0 Å². The van der Waals surface area contributed by atoms with Crippen LogP contribution in [0.1, 0.15) is 12.6 Å². The van der Waals surface area contributed by atoms with E-state index in [0.29, 0.717) is 0 Å². The van der Waals surface area contributed by atoms with E-state index in [2.05, 4.69) is 17.2 Å². The van der Waals surface area contributed by atoms with Crippen molar-refractivity contribution in [2.75, 3.05) is 18.5 Å². The fourth-order valence-corrected chi connectivity index (χ4v) is 1.80. The lowest BCUT2D eigenvalue weighted by atomic mass is 10.2. The summed E-state index contributed by atoms with van der Waals surface area (Å²) < 4.78 is 12.9. The molecule has 1 aromatic carbocycles. The van der Waals surface area contributed by atoms with E-state index in [4.69, 9.17) is 0 Å². The molecule has 0 aliphatic rings. The molecule has 19 heavy (non-hydrogen) atoms. The standard InChI is InChI=1S/C15H18FN3/c1-3-17-11-13-5-4-6-15(18-13)19(2)14-9-7-12(16)8-10-14/h4-10,17H,3,11H2,1-2H3. The van der Waals surface area contributed by atoms with Gasteiger partial charge in [-0.1, -0.05) is 13.0 Å². The highest BCUT2D eigenvalue weighted by Gasteiger charge is 2.06. The summed E-state index contributed by atoms with van der Waals surface area (Å²) in [6.07, 6.45) is 0. The highest BCUT2D eigenvalue weighted by Crippen LogP contribution is 2.21. The van der Waals surface area contributed by atoms with Crippen molar-refractivity contribution in [1.29, 1.82) is 0 Å². The molecule has 2 rings (SSSR count). The first kappa shape index (κ1) is 13.5. The maximum Gasteiger partial charge on any atom is 0.133 e. The SMILES string of the molecule is CCNCc1cccc(N(C)c2ccc(F)cc2)n1. The zero-order chi connectivity index (χ0) is 13.7. The highest BCUT2D eigenvalue weighted by atomic mass is 19.1. The van der Waals surface area contributed by atoms with Gasteiger partial charge in [-0.25, -0.2) is 9.37 Å². The van der Waals surface area contributed by atoms with Crippen molar-refractivity contribution in [3.63, 3.8) is 0 Å². The molecule has 0 aliphatic carbocycles. The molecule has 3 nitrogen and oxygen atoms in total. The van der Waals surface area contributed by atoms with Gasteiger partial charge in [0.05, 0.1) is 5.69 Å². The van der Waals surface area contributed by atoms with Gasteiger partial charge in [0, 0.05) is 19.3 Å². The van der Waals surface area contributed by atoms with Gasteiger partial charge in [0.15, 0.2) is 0 Å². The molecule has 1 aromatic heterocycles. The van der Waals surface area contributed by atoms with Crippen molar-refractivity contribution in [1.82, 2.24) is 10.3 Å². The third-order valence-corrected chi connectivity index (χ3v) is 2.91. The van der Waals surface area contributed by atoms with Crippen molar-refractivity contribution in [3.05, 3.63) is 54.0 Å². The quantitative estimate of drug-likeness (QED) is 0.894. The Kier molecular flexibility index (Phi) is 4.47. The smallest absolute Gasteiger partial charge is 0.133 e. The summed E-state index contributed by atoms with van der Waals surface area (Å²) in [5, 5.41) is 3.25. The Labute approximate surface area is 113 Å². The molecular formula is C15H18FN3. The number of hydrogen-bond donors (Lipinski definition) is 1. The van der Waals surface area contributed by atoms with Crippen molar-refractivity contribution >= 4 is 11.5 Å². The minimum atomic E-state index is -0.231. The van der Waals surface area contributed by atoms with E-state index in [9.17, 15) is 4.39 Å². The van der Waals surface area contributed by atoms with Crippen LogP contribution in [-0.4, -0.2) is 18.6 Å². The molecule has 0 saturated carbocycles. The number of benzene rings is 1. The number of nitrogens with one attached hydrogen (secondary N) is 1. The van der Waals surface area contributed by atoms with Crippen LogP contribution < -0.4 is 10.2 Å². The summed E-state index contributed by atoms with van der Waals surface area (Å²) in [6.45, 7) is 3.73. The van der Waals surface area contributed by atoms with E-state index in [0.717, 1.165) is 30.3 Å². The van der Waals surface area contributed by atoms with Gasteiger partial charge < -0.3 is 10.2 Å². The minimum Gasteiger partial charge on any atom is -0.329 e. The molecule has 0 saturated heterocycles. The van der Waals surface area contributed by atoms with E-state index in [1.807, 2.05) is 30.1 Å². The molecule has 0 spiro atoms. The highest BCUT2D eigenvalue weighted by molar-refractivity contribution is 5.58. The molecule has 0 unspecified atom stereocenters. The van der Waals surface area contributed by atoms with Gasteiger partial charge in [0.25, 0.3) is 0 Å². The first-order valence-corrected chi connectivity index (χ1v) is 6.36. The zero-order valence-electron chi connectivity index (χ0n) is 11.2. The van der Waals surface area contributed by atoms with Crippen molar-refractivity contribution in [3.8, 4) is 0 Å². The normalized spacial score (nSPS) is 10.5. The summed E-state index contributed by atoms with van der Waals surface area (Å²) in [7, 11) is 1.92. The Hall–Kier alpha value is -1.94. The number of nitrogens with zero attached hydrogens (tertiary/aromatic N) is 2. The van der Waals surface area contributed by atoms with E-state index < -0.39 is 0 Å². The number of anilines is 2. The van der Waals surface area contributed by atoms with Crippen molar-refractivity contribution in [2.45, 2.75) is 13.5 Å². The number of hydrogen-bond acceptors (Lipinski definition) is 3. The molecule has 0 bridgehead atoms. The largest absolute Gasteiger partial charge is 0.329 e. The zero-order valence-corrected chi connectivity index (χ0v) is 11.2. The predicted octanol–water partition coefficient (Wildman–Crippen LogP) is 3.10. The van der Waals surface area contributed by atoms with Gasteiger partial charge in [-0.15, -0.1) is 0 Å². The van der Waals surface area contributed by atoms with Gasteiger partial charge in [-0.2, -0.15) is 0 Å². The molecule has 2 aromatic rings. The third kappa shape index (κ3) is 3.51. The van der Waals surface area contributed by atoms with Crippen LogP contribution >= 0.6 is 0 Å². The Morgan fingerprint density at radius 1 is 1.16 bits per heavy atom. The van der Waals surface area contributed by atoms with Crippen LogP contribution in [0.15, 0.2) is 42.5 Å². The second kappa shape index (κ2) is 6.29. The second-order valence-electron chi connectivity index (χ2n) is 4.30. The predicted molar refractivity (Wildman–Crippen MR) is 76.1 cm³/mol. The summed E-state index contributed by atoms with van der Waals surface area (Å²) in [4.78, 5) is 6.52. The Balaban J connectivity index is 2.18. The maximum absolute atomic E-state index is 12.9. The summed E-state index contributed by atoms with van der Waals surface area (Å²) in [5.41, 5.74) is 1.91. The molecular weight excluding hydrogens is 241 g/mol. The lowest BCUT2D eigenvalue weighted by molar-refractivity contribution is 0.628. The molecule has 0 fully saturated rings.